The van der Waals surface area contributed by atoms with E-state index in [1.165, 1.54) is 0 Å². The zero-order valence-electron chi connectivity index (χ0n) is 25.2. The van der Waals surface area contributed by atoms with Gasteiger partial charge in [0.25, 0.3) is 5.91 Å². The Hall–Kier alpha value is -3.43. The number of alkyl halides is 3. The lowest BCUT2D eigenvalue weighted by molar-refractivity contribution is -0.167. The molecule has 9 nitrogen and oxygen atoms in total. The van der Waals surface area contributed by atoms with Crippen molar-refractivity contribution >= 4 is 30.1 Å². The molecule has 45 heavy (non-hydrogen) atoms. The van der Waals surface area contributed by atoms with Crippen molar-refractivity contribution in [2.45, 2.75) is 76.4 Å². The van der Waals surface area contributed by atoms with Gasteiger partial charge in [0.15, 0.2) is 0 Å². The van der Waals surface area contributed by atoms with Gasteiger partial charge in [-0.3, -0.25) is 4.79 Å². The molecule has 244 valence electrons. The van der Waals surface area contributed by atoms with Gasteiger partial charge in [-0.2, -0.15) is 13.2 Å². The first-order valence-corrected chi connectivity index (χ1v) is 14.6. The van der Waals surface area contributed by atoms with Crippen LogP contribution in [-0.2, 0) is 31.7 Å². The highest BCUT2D eigenvalue weighted by Crippen LogP contribution is 2.39. The summed E-state index contributed by atoms with van der Waals surface area (Å²) in [5, 5.41) is 12.1. The second-order valence-corrected chi connectivity index (χ2v) is 12.3. The van der Waals surface area contributed by atoms with Gasteiger partial charge in [0, 0.05) is 24.1 Å². The van der Waals surface area contributed by atoms with Gasteiger partial charge in [-0.15, -0.1) is 0 Å². The van der Waals surface area contributed by atoms with Gasteiger partial charge in [-0.05, 0) is 63.8 Å². The van der Waals surface area contributed by atoms with Crippen molar-refractivity contribution in [3.05, 3.63) is 52.6 Å². The molecule has 0 radical (unpaired) electrons. The molecule has 0 bridgehead atoms. The van der Waals surface area contributed by atoms with Crippen LogP contribution in [0.1, 0.15) is 55.6 Å². The molecular formula is C30H34BF5N2O7. The molecule has 1 amide bonds. The number of halogens is 5. The standard InChI is InChI=1S/C30H34BF5N2O7/c1-28(2)29(3,4)45-31(44-28)19-8-7-16(18-6-5-10-43-25(18)19)12-22(27(40)41)37-26(39)24-20(32)13-17(14-21(24)33)38-9-11-42-15-23(38)30(34,35)36/h7-8,13-14,22-23H,5-6,9-12,15H2,1-4H3,(H,37,39)(H,40,41)/t22?,23-/m1/s1. The first-order valence-electron chi connectivity index (χ1n) is 14.6. The number of anilines is 1. The fraction of sp³-hybridized carbons (Fsp3) is 0.533. The Kier molecular flexibility index (Phi) is 8.84. The quantitative estimate of drug-likeness (QED) is 0.348. The van der Waals surface area contributed by atoms with E-state index in [2.05, 4.69) is 5.32 Å². The minimum atomic E-state index is -4.73. The Morgan fingerprint density at radius 1 is 1.09 bits per heavy atom. The number of carboxylic acid groups (broad SMARTS) is 1. The van der Waals surface area contributed by atoms with E-state index in [1.807, 2.05) is 27.7 Å². The molecule has 0 spiro atoms. The number of benzene rings is 2. The molecule has 3 aliphatic heterocycles. The summed E-state index contributed by atoms with van der Waals surface area (Å²) in [6, 6.07) is 0.914. The SMILES string of the molecule is CC1(C)OB(c2ccc(CC(NC(=O)c3c(F)cc(N4CCOC[C@@H]4C(F)(F)F)cc3F)C(=O)O)c3c2OCCC3)OC1(C)C. The summed E-state index contributed by atoms with van der Waals surface area (Å²) < 4.78 is 94.0. The third-order valence-corrected chi connectivity index (χ3v) is 8.83. The smallest absolute Gasteiger partial charge is 0.494 e. The first-order chi connectivity index (χ1) is 21.0. The lowest BCUT2D eigenvalue weighted by Crippen LogP contribution is -2.53. The molecular weight excluding hydrogens is 606 g/mol. The molecule has 3 heterocycles. The average molecular weight is 640 g/mol. The number of morpholine rings is 1. The largest absolute Gasteiger partial charge is 0.498 e. The van der Waals surface area contributed by atoms with Crippen LogP contribution >= 0.6 is 0 Å². The third-order valence-electron chi connectivity index (χ3n) is 8.83. The Balaban J connectivity index is 1.38. The van der Waals surface area contributed by atoms with Gasteiger partial charge in [-0.1, -0.05) is 12.1 Å². The van der Waals surface area contributed by atoms with Crippen LogP contribution in [0.2, 0.25) is 0 Å². The minimum Gasteiger partial charge on any atom is -0.494 e. The minimum absolute atomic E-state index is 0.0925. The van der Waals surface area contributed by atoms with E-state index in [1.54, 1.807) is 12.1 Å². The number of aliphatic carboxylic acids is 1. The van der Waals surface area contributed by atoms with Crippen molar-refractivity contribution in [1.82, 2.24) is 5.32 Å². The van der Waals surface area contributed by atoms with Gasteiger partial charge in [0.05, 0.1) is 31.0 Å². The lowest BCUT2D eigenvalue weighted by Gasteiger charge is -2.38. The molecule has 15 heteroatoms. The molecule has 2 fully saturated rings. The topological polar surface area (TPSA) is 107 Å². The zero-order valence-corrected chi connectivity index (χ0v) is 25.2. The fourth-order valence-electron chi connectivity index (χ4n) is 5.68. The highest BCUT2D eigenvalue weighted by Gasteiger charge is 2.53. The Morgan fingerprint density at radius 3 is 2.33 bits per heavy atom. The summed E-state index contributed by atoms with van der Waals surface area (Å²) in [5.74, 6) is -5.19. The summed E-state index contributed by atoms with van der Waals surface area (Å²) >= 11 is 0. The number of nitrogens with zero attached hydrogens (tertiary/aromatic N) is 1. The van der Waals surface area contributed by atoms with Crippen LogP contribution in [0.5, 0.6) is 5.75 Å². The maximum Gasteiger partial charge on any atom is 0.498 e. The van der Waals surface area contributed by atoms with Crippen LogP contribution in [-0.4, -0.2) is 79.9 Å². The van der Waals surface area contributed by atoms with Crippen molar-refractivity contribution < 1.29 is 55.4 Å². The molecule has 2 atom stereocenters. The Morgan fingerprint density at radius 2 is 1.73 bits per heavy atom. The van der Waals surface area contributed by atoms with Crippen LogP contribution in [0.15, 0.2) is 24.3 Å². The van der Waals surface area contributed by atoms with Crippen molar-refractivity contribution in [2.24, 2.45) is 0 Å². The van der Waals surface area contributed by atoms with E-state index in [0.717, 1.165) is 4.90 Å². The summed E-state index contributed by atoms with van der Waals surface area (Å²) in [4.78, 5) is 26.0. The van der Waals surface area contributed by atoms with Crippen LogP contribution in [0.25, 0.3) is 0 Å². The molecule has 5 rings (SSSR count). The average Bonchev–Trinajstić information content (AvgIpc) is 3.17. The van der Waals surface area contributed by atoms with Crippen molar-refractivity contribution in [3.8, 4) is 5.75 Å². The van der Waals surface area contributed by atoms with Crippen molar-refractivity contribution in [1.29, 1.82) is 0 Å². The van der Waals surface area contributed by atoms with E-state index < -0.39 is 77.9 Å². The molecule has 3 aliphatic rings. The molecule has 2 N–H and O–H groups in total. The molecule has 0 saturated carbocycles. The number of hydrogen-bond donors (Lipinski definition) is 2. The Bertz CT molecular complexity index is 1450. The highest BCUT2D eigenvalue weighted by atomic mass is 19.4. The van der Waals surface area contributed by atoms with Crippen molar-refractivity contribution in [3.63, 3.8) is 0 Å². The molecule has 0 aromatic heterocycles. The number of amides is 1. The van der Waals surface area contributed by atoms with Crippen LogP contribution < -0.4 is 20.4 Å². The van der Waals surface area contributed by atoms with Gasteiger partial charge in [0.2, 0.25) is 0 Å². The summed E-state index contributed by atoms with van der Waals surface area (Å²) in [6.07, 6.45) is -3.77. The fourth-order valence-corrected chi connectivity index (χ4v) is 5.68. The molecule has 2 aromatic rings. The predicted octanol–water partition coefficient (Wildman–Crippen LogP) is 3.78. The predicted molar refractivity (Wildman–Crippen MR) is 153 cm³/mol. The van der Waals surface area contributed by atoms with Gasteiger partial charge in [-0.25, -0.2) is 13.6 Å². The Labute approximate surface area is 257 Å². The number of carbonyl (C=O) groups excluding carboxylic acids is 1. The number of nitrogens with one attached hydrogen (secondary N) is 1. The second kappa shape index (κ2) is 12.1. The maximum absolute atomic E-state index is 15.1. The maximum atomic E-state index is 15.1. The van der Waals surface area contributed by atoms with Crippen LogP contribution in [0, 0.1) is 11.6 Å². The van der Waals surface area contributed by atoms with E-state index in [-0.39, 0.29) is 19.6 Å². The van der Waals surface area contributed by atoms with E-state index in [0.29, 0.717) is 53.9 Å². The van der Waals surface area contributed by atoms with Gasteiger partial charge in [0.1, 0.15) is 35.0 Å². The molecule has 2 aromatic carbocycles. The monoisotopic (exact) mass is 640 g/mol. The summed E-state index contributed by atoms with van der Waals surface area (Å²) in [7, 11) is -0.733. The lowest BCUT2D eigenvalue weighted by atomic mass is 9.75. The molecule has 1 unspecified atom stereocenters. The van der Waals surface area contributed by atoms with E-state index in [4.69, 9.17) is 18.8 Å². The van der Waals surface area contributed by atoms with Crippen LogP contribution in [0.4, 0.5) is 27.6 Å². The highest BCUT2D eigenvalue weighted by molar-refractivity contribution is 6.63. The normalized spacial score (nSPS) is 21.6. The van der Waals surface area contributed by atoms with E-state index in [9.17, 15) is 27.9 Å². The van der Waals surface area contributed by atoms with E-state index >= 15 is 8.78 Å². The number of hydrogen-bond acceptors (Lipinski definition) is 7. The van der Waals surface area contributed by atoms with Crippen molar-refractivity contribution in [2.75, 3.05) is 31.3 Å². The summed E-state index contributed by atoms with van der Waals surface area (Å²) in [5.41, 5.74) is -0.859. The summed E-state index contributed by atoms with van der Waals surface area (Å²) in [6.45, 7) is 6.98. The first kappa shape index (κ1) is 33.0. The number of carboxylic acids is 1. The number of fused-ring (bicyclic) bond motifs is 1. The van der Waals surface area contributed by atoms with Gasteiger partial charge < -0.3 is 34.1 Å². The number of ether oxygens (including phenoxy) is 2. The number of carbonyl (C=O) groups is 2. The number of rotatable bonds is 7. The molecule has 0 aliphatic carbocycles. The van der Waals surface area contributed by atoms with Crippen LogP contribution in [0.3, 0.4) is 0 Å². The third kappa shape index (κ3) is 6.47. The van der Waals surface area contributed by atoms with Gasteiger partial charge >= 0.3 is 19.3 Å². The zero-order chi connectivity index (χ0) is 32.9. The molecule has 2 saturated heterocycles. The second-order valence-electron chi connectivity index (χ2n) is 12.3.